The number of urea groups is 1. The van der Waals surface area contributed by atoms with Gasteiger partial charge < -0.3 is 9.73 Å². The predicted octanol–water partition coefficient (Wildman–Crippen LogP) is 2.86. The van der Waals surface area contributed by atoms with Crippen molar-refractivity contribution in [2.75, 3.05) is 12.3 Å². The van der Waals surface area contributed by atoms with Gasteiger partial charge in [0.1, 0.15) is 0 Å². The molecule has 0 spiro atoms. The molecule has 1 aliphatic rings. The number of fused-ring (bicyclic) bond motifs is 1. The molecule has 2 aromatic heterocycles. The summed E-state index contributed by atoms with van der Waals surface area (Å²) in [5, 5.41) is 13.1. The molecule has 2 aromatic rings. The van der Waals surface area contributed by atoms with E-state index >= 15 is 0 Å². The Morgan fingerprint density at radius 2 is 2.28 bits per heavy atom. The van der Waals surface area contributed by atoms with E-state index in [-0.39, 0.29) is 5.75 Å². The fraction of sp³-hybridized carbons (Fsp3) is 0.500. The third kappa shape index (κ3) is 4.60. The second-order valence-electron chi connectivity index (χ2n) is 5.98. The Labute approximate surface area is 154 Å². The molecule has 1 aliphatic carbocycles. The largest absolute Gasteiger partial charge is 0.410 e. The number of aryl methyl sites for hydroxylation is 1. The monoisotopic (exact) mass is 380 g/mol. The SMILES string of the molecule is CCNC(=O)NC(=O)CSc1nnc(-c2cc3c(s2)CC[C@@H](C)C3)o1. The molecule has 0 radical (unpaired) electrons. The van der Waals surface area contributed by atoms with Crippen molar-refractivity contribution < 1.29 is 14.0 Å². The normalized spacial score (nSPS) is 16.3. The Hall–Kier alpha value is -1.87. The number of nitrogens with one attached hydrogen (secondary N) is 2. The Kier molecular flexibility index (Phi) is 5.74. The van der Waals surface area contributed by atoms with Crippen LogP contribution in [0.1, 0.15) is 30.7 Å². The summed E-state index contributed by atoms with van der Waals surface area (Å²) in [4.78, 5) is 25.3. The van der Waals surface area contributed by atoms with Crippen molar-refractivity contribution in [3.05, 3.63) is 16.5 Å². The summed E-state index contributed by atoms with van der Waals surface area (Å²) in [7, 11) is 0. The number of carbonyl (C=O) groups excluding carboxylic acids is 2. The number of rotatable bonds is 5. The maximum absolute atomic E-state index is 11.7. The molecular formula is C16H20N4O3S2. The summed E-state index contributed by atoms with van der Waals surface area (Å²) in [6.45, 7) is 4.51. The minimum atomic E-state index is -0.502. The van der Waals surface area contributed by atoms with E-state index in [0.717, 1.165) is 29.5 Å². The van der Waals surface area contributed by atoms with E-state index < -0.39 is 11.9 Å². The molecule has 1 atom stereocenters. The van der Waals surface area contributed by atoms with Gasteiger partial charge in [-0.2, -0.15) is 0 Å². The van der Waals surface area contributed by atoms with E-state index in [9.17, 15) is 9.59 Å². The zero-order chi connectivity index (χ0) is 17.8. The van der Waals surface area contributed by atoms with Crippen molar-refractivity contribution in [2.24, 2.45) is 5.92 Å². The molecule has 0 saturated heterocycles. The van der Waals surface area contributed by atoms with Gasteiger partial charge in [-0.05, 0) is 43.7 Å². The molecule has 0 saturated carbocycles. The number of amides is 3. The van der Waals surface area contributed by atoms with Gasteiger partial charge >= 0.3 is 6.03 Å². The fourth-order valence-corrected chi connectivity index (χ4v) is 4.37. The van der Waals surface area contributed by atoms with E-state index in [0.29, 0.717) is 23.6 Å². The van der Waals surface area contributed by atoms with Crippen LogP contribution in [0.5, 0.6) is 0 Å². The van der Waals surface area contributed by atoms with Crippen LogP contribution < -0.4 is 10.6 Å². The van der Waals surface area contributed by atoms with E-state index in [1.165, 1.54) is 16.9 Å². The van der Waals surface area contributed by atoms with Crippen LogP contribution in [0.25, 0.3) is 10.8 Å². The quantitative estimate of drug-likeness (QED) is 0.774. The number of hydrogen-bond donors (Lipinski definition) is 2. The molecule has 3 rings (SSSR count). The van der Waals surface area contributed by atoms with Crippen LogP contribution >= 0.6 is 23.1 Å². The minimum Gasteiger partial charge on any atom is -0.410 e. The van der Waals surface area contributed by atoms with Gasteiger partial charge in [0.25, 0.3) is 11.1 Å². The van der Waals surface area contributed by atoms with E-state index in [4.69, 9.17) is 4.42 Å². The van der Waals surface area contributed by atoms with Crippen LogP contribution in [0.3, 0.4) is 0 Å². The van der Waals surface area contributed by atoms with Crippen molar-refractivity contribution in [1.29, 1.82) is 0 Å². The summed E-state index contributed by atoms with van der Waals surface area (Å²) in [5.74, 6) is 0.833. The lowest BCUT2D eigenvalue weighted by Gasteiger charge is -2.16. The van der Waals surface area contributed by atoms with Gasteiger partial charge in [0.05, 0.1) is 10.6 Å². The number of nitrogens with zero attached hydrogens (tertiary/aromatic N) is 2. The highest BCUT2D eigenvalue weighted by molar-refractivity contribution is 7.99. The van der Waals surface area contributed by atoms with Crippen molar-refractivity contribution in [2.45, 2.75) is 38.3 Å². The smallest absolute Gasteiger partial charge is 0.321 e. The van der Waals surface area contributed by atoms with Crippen LogP contribution in [0, 0.1) is 5.92 Å². The molecule has 134 valence electrons. The third-order valence-corrected chi connectivity index (χ3v) is 5.91. The summed E-state index contributed by atoms with van der Waals surface area (Å²) < 4.78 is 5.65. The third-order valence-electron chi connectivity index (χ3n) is 3.86. The first-order valence-electron chi connectivity index (χ1n) is 8.21. The van der Waals surface area contributed by atoms with Crippen LogP contribution in [-0.4, -0.2) is 34.4 Å². The molecule has 3 amide bonds. The highest BCUT2D eigenvalue weighted by Gasteiger charge is 2.21. The summed E-state index contributed by atoms with van der Waals surface area (Å²) >= 11 is 2.82. The lowest BCUT2D eigenvalue weighted by Crippen LogP contribution is -2.40. The molecule has 9 heteroatoms. The zero-order valence-corrected chi connectivity index (χ0v) is 15.8. The molecule has 2 N–H and O–H groups in total. The Morgan fingerprint density at radius 3 is 3.08 bits per heavy atom. The van der Waals surface area contributed by atoms with E-state index in [2.05, 4.69) is 33.8 Å². The highest BCUT2D eigenvalue weighted by atomic mass is 32.2. The lowest BCUT2D eigenvalue weighted by molar-refractivity contribution is -0.117. The first-order valence-corrected chi connectivity index (χ1v) is 10.0. The van der Waals surface area contributed by atoms with Gasteiger partial charge in [-0.25, -0.2) is 4.79 Å². The number of thioether (sulfide) groups is 1. The van der Waals surface area contributed by atoms with Gasteiger partial charge in [0, 0.05) is 11.4 Å². The second-order valence-corrected chi connectivity index (χ2v) is 8.04. The predicted molar refractivity (Wildman–Crippen MR) is 96.7 cm³/mol. The molecule has 0 aliphatic heterocycles. The number of thiophene rings is 1. The molecule has 0 unspecified atom stereocenters. The molecule has 0 aromatic carbocycles. The summed E-state index contributed by atoms with van der Waals surface area (Å²) in [6.07, 6.45) is 3.43. The van der Waals surface area contributed by atoms with Crippen LogP contribution in [0.4, 0.5) is 4.79 Å². The minimum absolute atomic E-state index is 0.0389. The van der Waals surface area contributed by atoms with Gasteiger partial charge in [0.15, 0.2) is 0 Å². The number of hydrogen-bond acceptors (Lipinski definition) is 7. The standard InChI is InChI=1S/C16H20N4O3S2/c1-3-17-15(22)18-13(21)8-24-16-20-19-14(23-16)12-7-10-6-9(2)4-5-11(10)25-12/h7,9H,3-6,8H2,1-2H3,(H2,17,18,21,22)/t9-/m1/s1. The van der Waals surface area contributed by atoms with Crippen LogP contribution in [-0.2, 0) is 17.6 Å². The number of imide groups is 1. The molecule has 0 bridgehead atoms. The first kappa shape index (κ1) is 17.9. The second kappa shape index (κ2) is 8.01. The Morgan fingerprint density at radius 1 is 1.44 bits per heavy atom. The van der Waals surface area contributed by atoms with Crippen molar-refractivity contribution >= 4 is 35.0 Å². The van der Waals surface area contributed by atoms with Crippen molar-refractivity contribution in [3.8, 4) is 10.8 Å². The van der Waals surface area contributed by atoms with Crippen LogP contribution in [0.15, 0.2) is 15.7 Å². The Bertz CT molecular complexity index is 771. The highest BCUT2D eigenvalue weighted by Crippen LogP contribution is 2.37. The topological polar surface area (TPSA) is 97.1 Å². The Balaban J connectivity index is 1.58. The lowest BCUT2D eigenvalue weighted by atomic mass is 9.90. The average Bonchev–Trinajstić information content (AvgIpc) is 3.19. The molecule has 25 heavy (non-hydrogen) atoms. The average molecular weight is 380 g/mol. The van der Waals surface area contributed by atoms with Crippen molar-refractivity contribution in [1.82, 2.24) is 20.8 Å². The summed E-state index contributed by atoms with van der Waals surface area (Å²) in [5.41, 5.74) is 1.38. The van der Waals surface area contributed by atoms with Gasteiger partial charge in [-0.15, -0.1) is 21.5 Å². The van der Waals surface area contributed by atoms with E-state index in [1.54, 1.807) is 18.3 Å². The zero-order valence-electron chi connectivity index (χ0n) is 14.1. The van der Waals surface area contributed by atoms with Gasteiger partial charge in [-0.1, -0.05) is 18.7 Å². The first-order chi connectivity index (χ1) is 12.0. The fourth-order valence-electron chi connectivity index (χ4n) is 2.67. The maximum atomic E-state index is 11.7. The summed E-state index contributed by atoms with van der Waals surface area (Å²) in [6, 6.07) is 1.64. The molecular weight excluding hydrogens is 360 g/mol. The van der Waals surface area contributed by atoms with Gasteiger partial charge in [0.2, 0.25) is 5.91 Å². The molecule has 2 heterocycles. The molecule has 0 fully saturated rings. The van der Waals surface area contributed by atoms with Crippen molar-refractivity contribution in [3.63, 3.8) is 0 Å². The number of carbonyl (C=O) groups is 2. The van der Waals surface area contributed by atoms with Crippen LogP contribution in [0.2, 0.25) is 0 Å². The maximum Gasteiger partial charge on any atom is 0.321 e. The van der Waals surface area contributed by atoms with Gasteiger partial charge in [-0.3, -0.25) is 10.1 Å². The molecule has 7 nitrogen and oxygen atoms in total. The van der Waals surface area contributed by atoms with E-state index in [1.807, 2.05) is 0 Å². The number of aromatic nitrogens is 2.